The Balaban J connectivity index is 2.70. The van der Waals surface area contributed by atoms with Crippen molar-refractivity contribution < 1.29 is 13.9 Å². The lowest BCUT2D eigenvalue weighted by atomic mass is 10.1. The summed E-state index contributed by atoms with van der Waals surface area (Å²) < 4.78 is 16.1. The van der Waals surface area contributed by atoms with Gasteiger partial charge < -0.3 is 19.6 Å². The molecule has 4 nitrogen and oxygen atoms in total. The summed E-state index contributed by atoms with van der Waals surface area (Å²) in [6.07, 6.45) is 2.35. The van der Waals surface area contributed by atoms with Crippen LogP contribution in [0.5, 0.6) is 11.5 Å². The van der Waals surface area contributed by atoms with Crippen LogP contribution < -0.4 is 15.2 Å². The number of benzene rings is 1. The lowest BCUT2D eigenvalue weighted by molar-refractivity contribution is 0.388. The van der Waals surface area contributed by atoms with Gasteiger partial charge in [0.15, 0.2) is 0 Å². The molecule has 86 valence electrons. The number of ether oxygens (including phenoxy) is 2. The number of methoxy groups -OCH3 is 2. The third-order valence-corrected chi connectivity index (χ3v) is 2.59. The lowest BCUT2D eigenvalue weighted by Gasteiger charge is -2.13. The standard InChI is InChI=1S/C12H15NO3/c1-14-10-7-11-9(4-6-16-11)12(15-2)8(10)3-5-13/h4,6-7H,3,5,13H2,1-2H3. The summed E-state index contributed by atoms with van der Waals surface area (Å²) in [5.41, 5.74) is 7.34. The van der Waals surface area contributed by atoms with Gasteiger partial charge in [-0.2, -0.15) is 0 Å². The predicted octanol–water partition coefficient (Wildman–Crippen LogP) is 1.95. The van der Waals surface area contributed by atoms with Gasteiger partial charge in [0.05, 0.1) is 25.9 Å². The molecular weight excluding hydrogens is 206 g/mol. The van der Waals surface area contributed by atoms with Crippen LogP contribution in [0.2, 0.25) is 0 Å². The molecule has 0 radical (unpaired) electrons. The second-order valence-electron chi connectivity index (χ2n) is 3.46. The van der Waals surface area contributed by atoms with Crippen LogP contribution in [0.3, 0.4) is 0 Å². The van der Waals surface area contributed by atoms with Crippen molar-refractivity contribution in [2.45, 2.75) is 6.42 Å². The number of fused-ring (bicyclic) bond motifs is 1. The molecule has 0 aliphatic heterocycles. The maximum atomic E-state index is 5.59. The van der Waals surface area contributed by atoms with Crippen molar-refractivity contribution in [3.05, 3.63) is 24.0 Å². The number of furan rings is 1. The second kappa shape index (κ2) is 4.45. The van der Waals surface area contributed by atoms with Gasteiger partial charge in [0, 0.05) is 11.6 Å². The van der Waals surface area contributed by atoms with E-state index in [1.807, 2.05) is 12.1 Å². The topological polar surface area (TPSA) is 57.6 Å². The minimum absolute atomic E-state index is 0.552. The van der Waals surface area contributed by atoms with Crippen molar-refractivity contribution in [1.82, 2.24) is 0 Å². The first-order valence-electron chi connectivity index (χ1n) is 5.13. The highest BCUT2D eigenvalue weighted by Gasteiger charge is 2.15. The molecule has 0 aliphatic rings. The number of rotatable bonds is 4. The first-order valence-corrected chi connectivity index (χ1v) is 5.13. The Morgan fingerprint density at radius 2 is 2.12 bits per heavy atom. The van der Waals surface area contributed by atoms with Crippen LogP contribution >= 0.6 is 0 Å². The minimum Gasteiger partial charge on any atom is -0.496 e. The quantitative estimate of drug-likeness (QED) is 0.857. The fourth-order valence-electron chi connectivity index (χ4n) is 1.90. The number of hydrogen-bond acceptors (Lipinski definition) is 4. The van der Waals surface area contributed by atoms with Crippen molar-refractivity contribution in [2.75, 3.05) is 20.8 Å². The average Bonchev–Trinajstić information content (AvgIpc) is 2.76. The highest BCUT2D eigenvalue weighted by atomic mass is 16.5. The third-order valence-electron chi connectivity index (χ3n) is 2.59. The molecule has 0 fully saturated rings. The summed E-state index contributed by atoms with van der Waals surface area (Å²) in [6.45, 7) is 0.552. The fourth-order valence-corrected chi connectivity index (χ4v) is 1.90. The zero-order valence-corrected chi connectivity index (χ0v) is 9.45. The monoisotopic (exact) mass is 221 g/mol. The van der Waals surface area contributed by atoms with E-state index in [1.54, 1.807) is 20.5 Å². The maximum Gasteiger partial charge on any atom is 0.141 e. The lowest BCUT2D eigenvalue weighted by Crippen LogP contribution is -2.06. The molecule has 1 heterocycles. The van der Waals surface area contributed by atoms with Gasteiger partial charge >= 0.3 is 0 Å². The molecule has 0 amide bonds. The summed E-state index contributed by atoms with van der Waals surface area (Å²) in [5.74, 6) is 1.54. The van der Waals surface area contributed by atoms with E-state index >= 15 is 0 Å². The van der Waals surface area contributed by atoms with Crippen LogP contribution in [0.4, 0.5) is 0 Å². The summed E-state index contributed by atoms with van der Waals surface area (Å²) in [6, 6.07) is 3.75. The SMILES string of the molecule is COc1cc2occc2c(OC)c1CCN. The Bertz CT molecular complexity index is 490. The van der Waals surface area contributed by atoms with E-state index in [1.165, 1.54) is 0 Å². The van der Waals surface area contributed by atoms with Gasteiger partial charge in [0.1, 0.15) is 17.1 Å². The van der Waals surface area contributed by atoms with Crippen LogP contribution in [0.25, 0.3) is 11.0 Å². The van der Waals surface area contributed by atoms with E-state index in [2.05, 4.69) is 0 Å². The molecule has 0 aliphatic carbocycles. The van der Waals surface area contributed by atoms with Crippen LogP contribution in [-0.4, -0.2) is 20.8 Å². The van der Waals surface area contributed by atoms with Crippen molar-refractivity contribution in [3.8, 4) is 11.5 Å². The highest BCUT2D eigenvalue weighted by molar-refractivity contribution is 5.87. The van der Waals surface area contributed by atoms with Crippen LogP contribution in [0.1, 0.15) is 5.56 Å². The smallest absolute Gasteiger partial charge is 0.141 e. The molecule has 16 heavy (non-hydrogen) atoms. The highest BCUT2D eigenvalue weighted by Crippen LogP contribution is 2.37. The van der Waals surface area contributed by atoms with Gasteiger partial charge in [0.2, 0.25) is 0 Å². The molecule has 2 aromatic rings. The van der Waals surface area contributed by atoms with Gasteiger partial charge in [-0.25, -0.2) is 0 Å². The fraction of sp³-hybridized carbons (Fsp3) is 0.333. The Morgan fingerprint density at radius 1 is 1.31 bits per heavy atom. The van der Waals surface area contributed by atoms with Crippen molar-refractivity contribution >= 4 is 11.0 Å². The molecule has 0 spiro atoms. The number of hydrogen-bond donors (Lipinski definition) is 1. The van der Waals surface area contributed by atoms with Gasteiger partial charge in [-0.1, -0.05) is 0 Å². The van der Waals surface area contributed by atoms with E-state index in [0.717, 1.165) is 28.0 Å². The molecule has 0 bridgehead atoms. The molecule has 0 saturated heterocycles. The Hall–Kier alpha value is -1.68. The molecule has 2 rings (SSSR count). The van der Waals surface area contributed by atoms with Gasteiger partial charge in [-0.15, -0.1) is 0 Å². The van der Waals surface area contributed by atoms with E-state index in [9.17, 15) is 0 Å². The normalized spacial score (nSPS) is 10.7. The first-order chi connectivity index (χ1) is 7.81. The Labute approximate surface area is 93.9 Å². The number of nitrogens with two attached hydrogens (primary N) is 1. The van der Waals surface area contributed by atoms with Crippen LogP contribution in [0, 0.1) is 0 Å². The molecule has 2 N–H and O–H groups in total. The summed E-state index contributed by atoms with van der Waals surface area (Å²) in [5, 5.41) is 0.951. The molecule has 0 unspecified atom stereocenters. The van der Waals surface area contributed by atoms with Crippen molar-refractivity contribution in [2.24, 2.45) is 5.73 Å². The Morgan fingerprint density at radius 3 is 2.75 bits per heavy atom. The van der Waals surface area contributed by atoms with Crippen LogP contribution in [-0.2, 0) is 6.42 Å². The molecular formula is C12H15NO3. The third kappa shape index (κ3) is 1.61. The van der Waals surface area contributed by atoms with Crippen molar-refractivity contribution in [3.63, 3.8) is 0 Å². The maximum absolute atomic E-state index is 5.59. The van der Waals surface area contributed by atoms with Gasteiger partial charge in [0.25, 0.3) is 0 Å². The first kappa shape index (κ1) is 10.8. The van der Waals surface area contributed by atoms with Crippen LogP contribution in [0.15, 0.2) is 22.8 Å². The van der Waals surface area contributed by atoms with E-state index in [-0.39, 0.29) is 0 Å². The average molecular weight is 221 g/mol. The second-order valence-corrected chi connectivity index (χ2v) is 3.46. The van der Waals surface area contributed by atoms with E-state index < -0.39 is 0 Å². The summed E-state index contributed by atoms with van der Waals surface area (Å²) >= 11 is 0. The zero-order chi connectivity index (χ0) is 11.5. The molecule has 1 aromatic heterocycles. The zero-order valence-electron chi connectivity index (χ0n) is 9.45. The van der Waals surface area contributed by atoms with Crippen molar-refractivity contribution in [1.29, 1.82) is 0 Å². The Kier molecular flexibility index (Phi) is 3.01. The molecule has 0 saturated carbocycles. The minimum atomic E-state index is 0.552. The largest absolute Gasteiger partial charge is 0.496 e. The summed E-state index contributed by atoms with van der Waals surface area (Å²) in [7, 11) is 3.27. The molecule has 0 atom stereocenters. The molecule has 4 heteroatoms. The summed E-state index contributed by atoms with van der Waals surface area (Å²) in [4.78, 5) is 0. The predicted molar refractivity (Wildman–Crippen MR) is 62.1 cm³/mol. The van der Waals surface area contributed by atoms with E-state index in [4.69, 9.17) is 19.6 Å². The molecule has 1 aromatic carbocycles. The van der Waals surface area contributed by atoms with Gasteiger partial charge in [-0.3, -0.25) is 0 Å². The van der Waals surface area contributed by atoms with Gasteiger partial charge in [-0.05, 0) is 19.0 Å². The van der Waals surface area contributed by atoms with E-state index in [0.29, 0.717) is 13.0 Å².